The molecule has 0 spiro atoms. The molecule has 0 atom stereocenters. The lowest BCUT2D eigenvalue weighted by Crippen LogP contribution is -2.15. The van der Waals surface area contributed by atoms with Crippen LogP contribution in [0.25, 0.3) is 0 Å². The van der Waals surface area contributed by atoms with Crippen molar-refractivity contribution in [2.24, 2.45) is 0 Å². The molecular weight excluding hydrogens is 330 g/mol. The molecule has 6 heteroatoms. The highest BCUT2D eigenvalue weighted by atomic mass is 79.9. The van der Waals surface area contributed by atoms with Crippen molar-refractivity contribution in [2.75, 3.05) is 11.1 Å². The summed E-state index contributed by atoms with van der Waals surface area (Å²) in [4.78, 5) is 12.1. The van der Waals surface area contributed by atoms with Gasteiger partial charge in [-0.2, -0.15) is 0 Å². The third-order valence-corrected chi connectivity index (χ3v) is 3.31. The van der Waals surface area contributed by atoms with E-state index in [1.807, 2.05) is 0 Å². The summed E-state index contributed by atoms with van der Waals surface area (Å²) in [6, 6.07) is 6.81. The monoisotopic (exact) mass is 340 g/mol. The van der Waals surface area contributed by atoms with Gasteiger partial charge in [0, 0.05) is 15.7 Å². The molecule has 0 aliphatic rings. The molecule has 0 radical (unpaired) electrons. The van der Waals surface area contributed by atoms with Gasteiger partial charge in [-0.1, -0.05) is 22.0 Å². The molecule has 2 aromatic rings. The van der Waals surface area contributed by atoms with E-state index in [0.29, 0.717) is 21.3 Å². The number of hydrogen-bond donors (Lipinski definition) is 2. The molecule has 1 amide bonds. The van der Waals surface area contributed by atoms with E-state index >= 15 is 0 Å². The molecule has 0 saturated carbocycles. The first-order valence-electron chi connectivity index (χ1n) is 5.71. The largest absolute Gasteiger partial charge is 0.398 e. The van der Waals surface area contributed by atoms with Crippen LogP contribution in [0.1, 0.15) is 15.9 Å². The number of carbonyl (C=O) groups is 1. The van der Waals surface area contributed by atoms with Gasteiger partial charge in [0.05, 0.1) is 5.69 Å². The predicted molar refractivity (Wildman–Crippen MR) is 77.6 cm³/mol. The van der Waals surface area contributed by atoms with Crippen molar-refractivity contribution >= 4 is 33.2 Å². The Morgan fingerprint density at radius 1 is 1.30 bits per heavy atom. The summed E-state index contributed by atoms with van der Waals surface area (Å²) in [5, 5.41) is 2.33. The lowest BCUT2D eigenvalue weighted by molar-refractivity contribution is 0.102. The SMILES string of the molecule is Cc1c(N)cc(Br)cc1C(=O)Nc1cccc(F)c1F. The number of nitrogen functional groups attached to an aromatic ring is 1. The summed E-state index contributed by atoms with van der Waals surface area (Å²) in [5.41, 5.74) is 6.85. The number of hydrogen-bond acceptors (Lipinski definition) is 2. The molecule has 0 unspecified atom stereocenters. The minimum Gasteiger partial charge on any atom is -0.398 e. The maximum Gasteiger partial charge on any atom is 0.256 e. The Kier molecular flexibility index (Phi) is 4.04. The van der Waals surface area contributed by atoms with Crippen molar-refractivity contribution in [3.8, 4) is 0 Å². The van der Waals surface area contributed by atoms with E-state index in [1.54, 1.807) is 19.1 Å². The summed E-state index contributed by atoms with van der Waals surface area (Å²) < 4.78 is 27.2. The number of amides is 1. The second-order valence-corrected chi connectivity index (χ2v) is 5.14. The number of halogens is 3. The van der Waals surface area contributed by atoms with Gasteiger partial charge in [0.15, 0.2) is 11.6 Å². The third kappa shape index (κ3) is 2.80. The van der Waals surface area contributed by atoms with Gasteiger partial charge in [-0.05, 0) is 36.8 Å². The summed E-state index contributed by atoms with van der Waals surface area (Å²) in [6.45, 7) is 1.68. The third-order valence-electron chi connectivity index (χ3n) is 2.86. The van der Waals surface area contributed by atoms with E-state index in [9.17, 15) is 13.6 Å². The minimum absolute atomic E-state index is 0.215. The Hall–Kier alpha value is -1.95. The quantitative estimate of drug-likeness (QED) is 0.815. The minimum atomic E-state index is -1.10. The van der Waals surface area contributed by atoms with Crippen LogP contribution in [0.15, 0.2) is 34.8 Å². The predicted octanol–water partition coefficient (Wildman–Crippen LogP) is 3.87. The molecule has 20 heavy (non-hydrogen) atoms. The van der Waals surface area contributed by atoms with Crippen molar-refractivity contribution < 1.29 is 13.6 Å². The normalized spacial score (nSPS) is 10.4. The van der Waals surface area contributed by atoms with Gasteiger partial charge in [-0.15, -0.1) is 0 Å². The van der Waals surface area contributed by atoms with Gasteiger partial charge < -0.3 is 11.1 Å². The van der Waals surface area contributed by atoms with Gasteiger partial charge in [-0.3, -0.25) is 4.79 Å². The first-order valence-corrected chi connectivity index (χ1v) is 6.50. The molecule has 0 saturated heterocycles. The standard InChI is InChI=1S/C14H11BrF2N2O/c1-7-9(5-8(15)6-11(7)18)14(20)19-12-4-2-3-10(16)13(12)17/h2-6H,18H2,1H3,(H,19,20). The van der Waals surface area contributed by atoms with Crippen molar-refractivity contribution in [2.45, 2.75) is 6.92 Å². The smallest absolute Gasteiger partial charge is 0.256 e. The number of carbonyl (C=O) groups excluding carboxylic acids is 1. The fourth-order valence-electron chi connectivity index (χ4n) is 1.73. The molecule has 0 aromatic heterocycles. The molecule has 3 nitrogen and oxygen atoms in total. The molecule has 2 aromatic carbocycles. The zero-order valence-corrected chi connectivity index (χ0v) is 12.1. The number of benzene rings is 2. The number of anilines is 2. The van der Waals surface area contributed by atoms with Crippen LogP contribution in [0.2, 0.25) is 0 Å². The van der Waals surface area contributed by atoms with E-state index in [4.69, 9.17) is 5.73 Å². The van der Waals surface area contributed by atoms with Crippen LogP contribution in [0, 0.1) is 18.6 Å². The number of nitrogens with two attached hydrogens (primary N) is 1. The number of rotatable bonds is 2. The first kappa shape index (κ1) is 14.5. The average Bonchev–Trinajstić information content (AvgIpc) is 2.39. The van der Waals surface area contributed by atoms with Gasteiger partial charge in [0.1, 0.15) is 0 Å². The van der Waals surface area contributed by atoms with Gasteiger partial charge >= 0.3 is 0 Å². The van der Waals surface area contributed by atoms with Crippen molar-refractivity contribution in [3.63, 3.8) is 0 Å². The average molecular weight is 341 g/mol. The van der Waals surface area contributed by atoms with E-state index in [1.165, 1.54) is 12.1 Å². The van der Waals surface area contributed by atoms with E-state index in [2.05, 4.69) is 21.2 Å². The van der Waals surface area contributed by atoms with E-state index < -0.39 is 17.5 Å². The molecule has 0 aliphatic heterocycles. The van der Waals surface area contributed by atoms with E-state index in [-0.39, 0.29) is 5.69 Å². The van der Waals surface area contributed by atoms with Crippen LogP contribution in [-0.4, -0.2) is 5.91 Å². The number of nitrogens with one attached hydrogen (secondary N) is 1. The van der Waals surface area contributed by atoms with Gasteiger partial charge in [0.25, 0.3) is 5.91 Å². The summed E-state index contributed by atoms with van der Waals surface area (Å²) in [5.74, 6) is -2.67. The fourth-order valence-corrected chi connectivity index (χ4v) is 2.20. The highest BCUT2D eigenvalue weighted by Gasteiger charge is 2.15. The summed E-state index contributed by atoms with van der Waals surface area (Å²) in [7, 11) is 0. The van der Waals surface area contributed by atoms with Gasteiger partial charge in [-0.25, -0.2) is 8.78 Å². The Bertz CT molecular complexity index is 689. The Morgan fingerprint density at radius 3 is 2.70 bits per heavy atom. The molecule has 0 fully saturated rings. The van der Waals surface area contributed by atoms with Crippen molar-refractivity contribution in [3.05, 3.63) is 57.6 Å². The molecule has 2 rings (SSSR count). The topological polar surface area (TPSA) is 55.1 Å². The second-order valence-electron chi connectivity index (χ2n) is 4.22. The fraction of sp³-hybridized carbons (Fsp3) is 0.0714. The molecule has 0 aliphatic carbocycles. The van der Waals surface area contributed by atoms with Crippen LogP contribution < -0.4 is 11.1 Å². The zero-order chi connectivity index (χ0) is 14.9. The molecule has 104 valence electrons. The highest BCUT2D eigenvalue weighted by molar-refractivity contribution is 9.10. The van der Waals surface area contributed by atoms with Crippen molar-refractivity contribution in [1.29, 1.82) is 0 Å². The first-order chi connectivity index (χ1) is 9.40. The van der Waals surface area contributed by atoms with Crippen LogP contribution in [0.5, 0.6) is 0 Å². The second kappa shape index (κ2) is 5.58. The van der Waals surface area contributed by atoms with E-state index in [0.717, 1.165) is 6.07 Å². The highest BCUT2D eigenvalue weighted by Crippen LogP contribution is 2.24. The lowest BCUT2D eigenvalue weighted by Gasteiger charge is -2.11. The maximum absolute atomic E-state index is 13.5. The Labute approximate surface area is 122 Å². The lowest BCUT2D eigenvalue weighted by atomic mass is 10.1. The van der Waals surface area contributed by atoms with Crippen LogP contribution in [-0.2, 0) is 0 Å². The van der Waals surface area contributed by atoms with Gasteiger partial charge in [0.2, 0.25) is 0 Å². The van der Waals surface area contributed by atoms with Crippen LogP contribution >= 0.6 is 15.9 Å². The summed E-state index contributed by atoms with van der Waals surface area (Å²) >= 11 is 3.23. The molecule has 0 bridgehead atoms. The van der Waals surface area contributed by atoms with Crippen LogP contribution in [0.4, 0.5) is 20.2 Å². The Balaban J connectivity index is 2.36. The molecule has 0 heterocycles. The maximum atomic E-state index is 13.5. The summed E-state index contributed by atoms with van der Waals surface area (Å²) in [6.07, 6.45) is 0. The van der Waals surface area contributed by atoms with Crippen molar-refractivity contribution in [1.82, 2.24) is 0 Å². The molecular formula is C14H11BrF2N2O. The molecule has 3 N–H and O–H groups in total. The Morgan fingerprint density at radius 2 is 2.00 bits per heavy atom. The zero-order valence-electron chi connectivity index (χ0n) is 10.5. The van der Waals surface area contributed by atoms with Crippen LogP contribution in [0.3, 0.4) is 0 Å².